The van der Waals surface area contributed by atoms with Gasteiger partial charge in [-0.15, -0.1) is 0 Å². The predicted molar refractivity (Wildman–Crippen MR) is 68.4 cm³/mol. The SMILES string of the molecule is CC(C)N(C)CCCNCc1ccsc1. The van der Waals surface area contributed by atoms with Crippen LogP contribution < -0.4 is 5.32 Å². The molecule has 1 rings (SSSR count). The molecule has 1 N–H and O–H groups in total. The maximum Gasteiger partial charge on any atom is 0.0213 e. The molecule has 1 aromatic heterocycles. The molecule has 0 radical (unpaired) electrons. The molecule has 0 saturated heterocycles. The third-order valence-corrected chi connectivity index (χ3v) is 3.39. The summed E-state index contributed by atoms with van der Waals surface area (Å²) >= 11 is 1.76. The Kier molecular flexibility index (Phi) is 5.91. The van der Waals surface area contributed by atoms with E-state index in [9.17, 15) is 0 Å². The largest absolute Gasteiger partial charge is 0.313 e. The van der Waals surface area contributed by atoms with Crippen LogP contribution in [0, 0.1) is 0 Å². The Morgan fingerprint density at radius 2 is 2.27 bits per heavy atom. The van der Waals surface area contributed by atoms with E-state index in [0.717, 1.165) is 13.1 Å². The summed E-state index contributed by atoms with van der Waals surface area (Å²) in [7, 11) is 2.18. The number of hydrogen-bond donors (Lipinski definition) is 1. The Bertz CT molecular complexity index is 244. The minimum absolute atomic E-state index is 0.655. The third kappa shape index (κ3) is 5.30. The van der Waals surface area contributed by atoms with Gasteiger partial charge in [0, 0.05) is 12.6 Å². The molecule has 3 heteroatoms. The molecular formula is C12H22N2S. The van der Waals surface area contributed by atoms with Crippen molar-refractivity contribution in [2.24, 2.45) is 0 Å². The van der Waals surface area contributed by atoms with Crippen LogP contribution in [-0.2, 0) is 6.54 Å². The second-order valence-corrected chi connectivity index (χ2v) is 5.02. The zero-order chi connectivity index (χ0) is 11.1. The van der Waals surface area contributed by atoms with Crippen molar-refractivity contribution in [3.05, 3.63) is 22.4 Å². The van der Waals surface area contributed by atoms with Gasteiger partial charge in [-0.3, -0.25) is 0 Å². The summed E-state index contributed by atoms with van der Waals surface area (Å²) in [6, 6.07) is 2.83. The van der Waals surface area contributed by atoms with Gasteiger partial charge in [0.1, 0.15) is 0 Å². The van der Waals surface area contributed by atoms with Crippen LogP contribution in [0.25, 0.3) is 0 Å². The summed E-state index contributed by atoms with van der Waals surface area (Å²) in [4.78, 5) is 2.38. The molecular weight excluding hydrogens is 204 g/mol. The van der Waals surface area contributed by atoms with Crippen molar-refractivity contribution in [3.8, 4) is 0 Å². The zero-order valence-corrected chi connectivity index (χ0v) is 10.8. The molecule has 1 aromatic rings. The van der Waals surface area contributed by atoms with Crippen molar-refractivity contribution in [2.45, 2.75) is 32.9 Å². The molecule has 0 aliphatic rings. The second kappa shape index (κ2) is 6.99. The van der Waals surface area contributed by atoms with Crippen LogP contribution in [0.2, 0.25) is 0 Å². The van der Waals surface area contributed by atoms with Gasteiger partial charge in [-0.2, -0.15) is 11.3 Å². The van der Waals surface area contributed by atoms with Gasteiger partial charge in [0.2, 0.25) is 0 Å². The average Bonchev–Trinajstić information content (AvgIpc) is 2.69. The maximum absolute atomic E-state index is 3.46. The Labute approximate surface area is 97.3 Å². The molecule has 0 amide bonds. The molecule has 0 aromatic carbocycles. The number of nitrogens with zero attached hydrogens (tertiary/aromatic N) is 1. The first-order chi connectivity index (χ1) is 7.20. The highest BCUT2D eigenvalue weighted by Gasteiger charge is 2.01. The standard InChI is InChI=1S/C12H22N2S/c1-11(2)14(3)7-4-6-13-9-12-5-8-15-10-12/h5,8,10-11,13H,4,6-7,9H2,1-3H3. The van der Waals surface area contributed by atoms with E-state index in [4.69, 9.17) is 0 Å². The molecule has 0 unspecified atom stereocenters. The number of nitrogens with one attached hydrogen (secondary N) is 1. The molecule has 15 heavy (non-hydrogen) atoms. The van der Waals surface area contributed by atoms with Crippen molar-refractivity contribution in [3.63, 3.8) is 0 Å². The maximum atomic E-state index is 3.46. The van der Waals surface area contributed by atoms with E-state index < -0.39 is 0 Å². The minimum atomic E-state index is 0.655. The first-order valence-electron chi connectivity index (χ1n) is 5.62. The van der Waals surface area contributed by atoms with Gasteiger partial charge in [0.15, 0.2) is 0 Å². The summed E-state index contributed by atoms with van der Waals surface area (Å²) in [5.74, 6) is 0. The summed E-state index contributed by atoms with van der Waals surface area (Å²) < 4.78 is 0. The van der Waals surface area contributed by atoms with Crippen LogP contribution in [0.15, 0.2) is 16.8 Å². The zero-order valence-electron chi connectivity index (χ0n) is 9.99. The van der Waals surface area contributed by atoms with Crippen molar-refractivity contribution in [2.75, 3.05) is 20.1 Å². The fourth-order valence-corrected chi connectivity index (χ4v) is 2.01. The molecule has 0 bridgehead atoms. The normalized spacial score (nSPS) is 11.5. The lowest BCUT2D eigenvalue weighted by Gasteiger charge is -2.20. The van der Waals surface area contributed by atoms with Gasteiger partial charge in [-0.1, -0.05) is 0 Å². The number of thiophene rings is 1. The molecule has 0 saturated carbocycles. The number of hydrogen-bond acceptors (Lipinski definition) is 3. The number of rotatable bonds is 7. The highest BCUT2D eigenvalue weighted by molar-refractivity contribution is 7.07. The minimum Gasteiger partial charge on any atom is -0.313 e. The monoisotopic (exact) mass is 226 g/mol. The molecule has 86 valence electrons. The van der Waals surface area contributed by atoms with Crippen LogP contribution in [0.4, 0.5) is 0 Å². The lowest BCUT2D eigenvalue weighted by molar-refractivity contribution is 0.269. The molecule has 2 nitrogen and oxygen atoms in total. The lowest BCUT2D eigenvalue weighted by atomic mass is 10.3. The molecule has 0 fully saturated rings. The van der Waals surface area contributed by atoms with Gasteiger partial charge in [0.25, 0.3) is 0 Å². The van der Waals surface area contributed by atoms with Gasteiger partial charge < -0.3 is 10.2 Å². The molecule has 0 atom stereocenters. The van der Waals surface area contributed by atoms with Crippen LogP contribution >= 0.6 is 11.3 Å². The van der Waals surface area contributed by atoms with Crippen LogP contribution in [-0.4, -0.2) is 31.1 Å². The van der Waals surface area contributed by atoms with Gasteiger partial charge >= 0.3 is 0 Å². The second-order valence-electron chi connectivity index (χ2n) is 4.24. The fraction of sp³-hybridized carbons (Fsp3) is 0.667. The third-order valence-electron chi connectivity index (χ3n) is 2.66. The Morgan fingerprint density at radius 1 is 1.47 bits per heavy atom. The summed E-state index contributed by atoms with van der Waals surface area (Å²) in [5.41, 5.74) is 1.40. The Balaban J connectivity index is 1.98. The van der Waals surface area contributed by atoms with E-state index in [-0.39, 0.29) is 0 Å². The highest BCUT2D eigenvalue weighted by atomic mass is 32.1. The first kappa shape index (κ1) is 12.7. The van der Waals surface area contributed by atoms with Crippen molar-refractivity contribution in [1.82, 2.24) is 10.2 Å². The van der Waals surface area contributed by atoms with Crippen LogP contribution in [0.5, 0.6) is 0 Å². The van der Waals surface area contributed by atoms with E-state index >= 15 is 0 Å². The summed E-state index contributed by atoms with van der Waals surface area (Å²) in [6.07, 6.45) is 1.22. The van der Waals surface area contributed by atoms with E-state index in [1.54, 1.807) is 11.3 Å². The van der Waals surface area contributed by atoms with Gasteiger partial charge in [-0.05, 0) is 62.8 Å². The van der Waals surface area contributed by atoms with Crippen molar-refractivity contribution in [1.29, 1.82) is 0 Å². The molecule has 0 aliphatic carbocycles. The van der Waals surface area contributed by atoms with E-state index in [1.807, 2.05) is 0 Å². The van der Waals surface area contributed by atoms with E-state index in [0.29, 0.717) is 6.04 Å². The predicted octanol–water partition coefficient (Wildman–Crippen LogP) is 2.57. The fourth-order valence-electron chi connectivity index (χ4n) is 1.34. The summed E-state index contributed by atoms with van der Waals surface area (Å²) in [6.45, 7) is 7.76. The first-order valence-corrected chi connectivity index (χ1v) is 6.56. The lowest BCUT2D eigenvalue weighted by Crippen LogP contribution is -2.29. The highest BCUT2D eigenvalue weighted by Crippen LogP contribution is 2.04. The van der Waals surface area contributed by atoms with Crippen molar-refractivity contribution < 1.29 is 0 Å². The van der Waals surface area contributed by atoms with E-state index in [2.05, 4.69) is 47.9 Å². The Hall–Kier alpha value is -0.380. The van der Waals surface area contributed by atoms with Crippen LogP contribution in [0.3, 0.4) is 0 Å². The van der Waals surface area contributed by atoms with Gasteiger partial charge in [-0.25, -0.2) is 0 Å². The topological polar surface area (TPSA) is 15.3 Å². The van der Waals surface area contributed by atoms with Gasteiger partial charge in [0.05, 0.1) is 0 Å². The van der Waals surface area contributed by atoms with Crippen molar-refractivity contribution >= 4 is 11.3 Å². The average molecular weight is 226 g/mol. The molecule has 0 aliphatic heterocycles. The Morgan fingerprint density at radius 3 is 2.87 bits per heavy atom. The quantitative estimate of drug-likeness (QED) is 0.719. The van der Waals surface area contributed by atoms with Crippen LogP contribution in [0.1, 0.15) is 25.8 Å². The smallest absolute Gasteiger partial charge is 0.0213 e. The van der Waals surface area contributed by atoms with E-state index in [1.165, 1.54) is 18.5 Å². The molecule has 0 spiro atoms. The molecule has 1 heterocycles. The summed E-state index contributed by atoms with van der Waals surface area (Å²) in [5, 5.41) is 7.79.